The molecular formula is C30H28FN7O2. The molecule has 5 aromatic rings. The summed E-state index contributed by atoms with van der Waals surface area (Å²) in [7, 11) is 1.92. The molecule has 0 spiro atoms. The number of halogens is 1. The molecule has 3 aromatic heterocycles. The first-order chi connectivity index (χ1) is 19.4. The molecule has 1 aliphatic heterocycles. The third-order valence-corrected chi connectivity index (χ3v) is 7.27. The Balaban J connectivity index is 1.26. The number of carbonyl (C=O) groups is 1. The number of fused-ring (bicyclic) bond motifs is 2. The van der Waals surface area contributed by atoms with Gasteiger partial charge in [-0.1, -0.05) is 6.58 Å². The van der Waals surface area contributed by atoms with Crippen LogP contribution in [-0.4, -0.2) is 48.4 Å². The van der Waals surface area contributed by atoms with Gasteiger partial charge in [-0.3, -0.25) is 4.79 Å². The maximum absolute atomic E-state index is 15.3. The molecule has 0 saturated carbocycles. The van der Waals surface area contributed by atoms with E-state index in [1.54, 1.807) is 17.3 Å². The van der Waals surface area contributed by atoms with Crippen molar-refractivity contribution in [2.24, 2.45) is 7.05 Å². The van der Waals surface area contributed by atoms with Crippen molar-refractivity contribution in [2.45, 2.75) is 25.7 Å². The van der Waals surface area contributed by atoms with Crippen LogP contribution in [0.25, 0.3) is 22.1 Å². The van der Waals surface area contributed by atoms with Gasteiger partial charge in [-0.2, -0.15) is 0 Å². The monoisotopic (exact) mass is 537 g/mol. The van der Waals surface area contributed by atoms with E-state index in [9.17, 15) is 4.79 Å². The summed E-state index contributed by atoms with van der Waals surface area (Å²) in [5.41, 5.74) is 4.79. The van der Waals surface area contributed by atoms with Crippen molar-refractivity contribution < 1.29 is 13.9 Å². The molecule has 1 amide bonds. The number of imidazole rings is 1. The zero-order valence-electron chi connectivity index (χ0n) is 22.3. The van der Waals surface area contributed by atoms with E-state index in [2.05, 4.69) is 26.8 Å². The van der Waals surface area contributed by atoms with E-state index in [0.29, 0.717) is 41.4 Å². The van der Waals surface area contributed by atoms with E-state index in [4.69, 9.17) is 9.72 Å². The second kappa shape index (κ2) is 10.4. The van der Waals surface area contributed by atoms with Gasteiger partial charge in [0.15, 0.2) is 5.82 Å². The Morgan fingerprint density at radius 1 is 1.15 bits per heavy atom. The molecule has 1 N–H and O–H groups in total. The number of carbonyl (C=O) groups excluding carboxylic acids is 1. The standard InChI is InChI=1S/C30H28FN7O2/c1-4-28(39)38-11-5-6-19(15-38)22-8-9-23-29(35-22)30(33-16-32-23)36-24-12-18(2)27(14-21(24)31)40-20-7-10-26-25(13-20)34-17-37(26)3/h4,7-10,12-14,16-17,19H,1,5-6,11,15H2,2-3H3,(H,32,33,36)/t19-/m1/s1. The number of pyridine rings is 1. The number of amides is 1. The molecule has 0 radical (unpaired) electrons. The lowest BCUT2D eigenvalue weighted by Gasteiger charge is -2.31. The fraction of sp³-hybridized carbons (Fsp3) is 0.233. The predicted octanol–water partition coefficient (Wildman–Crippen LogP) is 5.79. The Morgan fingerprint density at radius 2 is 2.02 bits per heavy atom. The maximum atomic E-state index is 15.3. The average Bonchev–Trinajstić information content (AvgIpc) is 3.34. The molecule has 1 atom stereocenters. The minimum absolute atomic E-state index is 0.0771. The highest BCUT2D eigenvalue weighted by Gasteiger charge is 2.25. The molecule has 202 valence electrons. The number of aromatic nitrogens is 5. The second-order valence-electron chi connectivity index (χ2n) is 9.98. The molecule has 9 nitrogen and oxygen atoms in total. The summed E-state index contributed by atoms with van der Waals surface area (Å²) < 4.78 is 23.3. The molecule has 1 fully saturated rings. The fourth-order valence-corrected chi connectivity index (χ4v) is 5.12. The van der Waals surface area contributed by atoms with Gasteiger partial charge in [0.2, 0.25) is 5.91 Å². The number of hydrogen-bond donors (Lipinski definition) is 1. The summed E-state index contributed by atoms with van der Waals surface area (Å²) in [4.78, 5) is 31.9. The van der Waals surface area contributed by atoms with Crippen molar-refractivity contribution in [3.63, 3.8) is 0 Å². The molecule has 6 rings (SSSR count). The quantitative estimate of drug-likeness (QED) is 0.274. The largest absolute Gasteiger partial charge is 0.457 e. The molecular weight excluding hydrogens is 509 g/mol. The summed E-state index contributed by atoms with van der Waals surface area (Å²) in [5.74, 6) is 0.885. The van der Waals surface area contributed by atoms with Crippen molar-refractivity contribution in [3.05, 3.63) is 84.8 Å². The fourth-order valence-electron chi connectivity index (χ4n) is 5.12. The lowest BCUT2D eigenvalue weighted by Crippen LogP contribution is -2.38. The zero-order valence-corrected chi connectivity index (χ0v) is 22.3. The topological polar surface area (TPSA) is 98.1 Å². The normalized spacial score (nSPS) is 15.4. The van der Waals surface area contributed by atoms with Crippen molar-refractivity contribution in [2.75, 3.05) is 18.4 Å². The predicted molar refractivity (Wildman–Crippen MR) is 151 cm³/mol. The van der Waals surface area contributed by atoms with Crippen molar-refractivity contribution in [3.8, 4) is 11.5 Å². The lowest BCUT2D eigenvalue weighted by atomic mass is 9.94. The smallest absolute Gasteiger partial charge is 0.245 e. The Kier molecular flexibility index (Phi) is 6.59. The highest BCUT2D eigenvalue weighted by atomic mass is 19.1. The number of rotatable bonds is 6. The van der Waals surface area contributed by atoms with Gasteiger partial charge in [-0.15, -0.1) is 0 Å². The van der Waals surface area contributed by atoms with E-state index in [0.717, 1.165) is 35.1 Å². The van der Waals surface area contributed by atoms with Gasteiger partial charge in [0, 0.05) is 43.9 Å². The minimum Gasteiger partial charge on any atom is -0.457 e. The molecule has 40 heavy (non-hydrogen) atoms. The van der Waals surface area contributed by atoms with E-state index in [1.165, 1.54) is 18.5 Å². The first-order valence-corrected chi connectivity index (χ1v) is 13.1. The van der Waals surface area contributed by atoms with E-state index in [-0.39, 0.29) is 17.5 Å². The van der Waals surface area contributed by atoms with E-state index in [1.807, 2.05) is 48.9 Å². The van der Waals surface area contributed by atoms with E-state index < -0.39 is 5.82 Å². The molecule has 1 aliphatic rings. The van der Waals surface area contributed by atoms with Gasteiger partial charge in [0.25, 0.3) is 0 Å². The van der Waals surface area contributed by atoms with Gasteiger partial charge < -0.3 is 19.5 Å². The summed E-state index contributed by atoms with van der Waals surface area (Å²) in [5, 5.41) is 3.11. The highest BCUT2D eigenvalue weighted by Crippen LogP contribution is 2.33. The first-order valence-electron chi connectivity index (χ1n) is 13.1. The van der Waals surface area contributed by atoms with Crippen LogP contribution >= 0.6 is 0 Å². The van der Waals surface area contributed by atoms with Crippen molar-refractivity contribution in [1.82, 2.24) is 29.4 Å². The minimum atomic E-state index is -0.492. The lowest BCUT2D eigenvalue weighted by molar-refractivity contribution is -0.127. The van der Waals surface area contributed by atoms with Crippen LogP contribution in [0.15, 0.2) is 67.8 Å². The SMILES string of the molecule is C=CC(=O)N1CCC[C@@H](c2ccc3ncnc(Nc4cc(C)c(Oc5ccc6c(c5)ncn6C)cc4F)c3n2)C1. The van der Waals surface area contributed by atoms with Crippen LogP contribution < -0.4 is 10.1 Å². The number of nitrogens with zero attached hydrogens (tertiary/aromatic N) is 6. The van der Waals surface area contributed by atoms with Crippen LogP contribution in [-0.2, 0) is 11.8 Å². The first kappa shape index (κ1) is 25.4. The number of likely N-dealkylation sites (tertiary alicyclic amines) is 1. The number of ether oxygens (including phenoxy) is 1. The van der Waals surface area contributed by atoms with Crippen LogP contribution in [0.2, 0.25) is 0 Å². The number of piperidine rings is 1. The summed E-state index contributed by atoms with van der Waals surface area (Å²) in [6.07, 6.45) is 6.31. The highest BCUT2D eigenvalue weighted by molar-refractivity contribution is 5.88. The van der Waals surface area contributed by atoms with Crippen molar-refractivity contribution >= 4 is 39.5 Å². The zero-order chi connectivity index (χ0) is 27.8. The Labute approximate surface area is 230 Å². The van der Waals surface area contributed by atoms with Gasteiger partial charge in [0.05, 0.1) is 28.6 Å². The van der Waals surface area contributed by atoms with Crippen LogP contribution in [0.3, 0.4) is 0 Å². The van der Waals surface area contributed by atoms with Crippen LogP contribution in [0.5, 0.6) is 11.5 Å². The third kappa shape index (κ3) is 4.84. The molecule has 0 unspecified atom stereocenters. The number of nitrogens with one attached hydrogen (secondary N) is 1. The number of anilines is 2. The molecule has 4 heterocycles. The van der Waals surface area contributed by atoms with Gasteiger partial charge >= 0.3 is 0 Å². The summed E-state index contributed by atoms with van der Waals surface area (Å²) in [6.45, 7) is 6.74. The van der Waals surface area contributed by atoms with Gasteiger partial charge in [0.1, 0.15) is 29.2 Å². The third-order valence-electron chi connectivity index (χ3n) is 7.27. The van der Waals surface area contributed by atoms with Crippen LogP contribution in [0, 0.1) is 12.7 Å². The number of aryl methyl sites for hydroxylation is 2. The Bertz CT molecular complexity index is 1770. The van der Waals surface area contributed by atoms with Crippen LogP contribution in [0.1, 0.15) is 30.0 Å². The molecule has 10 heteroatoms. The molecule has 2 aromatic carbocycles. The van der Waals surface area contributed by atoms with Crippen molar-refractivity contribution in [1.29, 1.82) is 0 Å². The summed E-state index contributed by atoms with van der Waals surface area (Å²) >= 11 is 0. The van der Waals surface area contributed by atoms with Crippen LogP contribution in [0.4, 0.5) is 15.9 Å². The number of hydrogen-bond acceptors (Lipinski definition) is 7. The Hall–Kier alpha value is -4.86. The molecule has 0 aliphatic carbocycles. The number of benzene rings is 2. The molecule has 0 bridgehead atoms. The average molecular weight is 538 g/mol. The Morgan fingerprint density at radius 3 is 2.88 bits per heavy atom. The second-order valence-corrected chi connectivity index (χ2v) is 9.98. The summed E-state index contributed by atoms with van der Waals surface area (Å²) in [6, 6.07) is 12.4. The maximum Gasteiger partial charge on any atom is 0.245 e. The van der Waals surface area contributed by atoms with Gasteiger partial charge in [-0.25, -0.2) is 24.3 Å². The van der Waals surface area contributed by atoms with Gasteiger partial charge in [-0.05, 0) is 61.7 Å². The van der Waals surface area contributed by atoms with E-state index >= 15 is 4.39 Å². The molecule has 1 saturated heterocycles.